The van der Waals surface area contributed by atoms with Crippen molar-refractivity contribution in [3.05, 3.63) is 29.0 Å². The van der Waals surface area contributed by atoms with E-state index in [1.54, 1.807) is 12.1 Å². The summed E-state index contributed by atoms with van der Waals surface area (Å²) >= 11 is 5.70. The second-order valence-electron chi connectivity index (χ2n) is 5.09. The van der Waals surface area contributed by atoms with Crippen LogP contribution in [0.25, 0.3) is 0 Å². The van der Waals surface area contributed by atoms with Gasteiger partial charge in [-0.25, -0.2) is 9.18 Å². The third kappa shape index (κ3) is 1.70. The maximum atomic E-state index is 13.7. The zero-order valence-electron chi connectivity index (χ0n) is 9.57. The van der Waals surface area contributed by atoms with E-state index in [0.29, 0.717) is 36.9 Å². The highest BCUT2D eigenvalue weighted by Crippen LogP contribution is 2.42. The van der Waals surface area contributed by atoms with Crippen molar-refractivity contribution in [2.75, 3.05) is 31.1 Å². The summed E-state index contributed by atoms with van der Waals surface area (Å²) in [5.74, 6) is -0.327. The van der Waals surface area contributed by atoms with Crippen LogP contribution < -0.4 is 4.90 Å². The second-order valence-corrected chi connectivity index (χ2v) is 5.53. The molecule has 0 aliphatic carbocycles. The van der Waals surface area contributed by atoms with Gasteiger partial charge in [0, 0.05) is 36.6 Å². The van der Waals surface area contributed by atoms with Gasteiger partial charge in [-0.3, -0.25) is 0 Å². The van der Waals surface area contributed by atoms with Crippen molar-refractivity contribution < 1.29 is 14.3 Å². The molecule has 2 fully saturated rings. The third-order valence-corrected chi connectivity index (χ3v) is 3.86. The molecule has 2 heterocycles. The lowest BCUT2D eigenvalue weighted by atomic mass is 9.73. The number of amides is 1. The lowest BCUT2D eigenvalue weighted by Gasteiger charge is -2.60. The molecule has 96 valence electrons. The average molecular weight is 271 g/mol. The van der Waals surface area contributed by atoms with Gasteiger partial charge in [-0.1, -0.05) is 11.6 Å². The summed E-state index contributed by atoms with van der Waals surface area (Å²) in [5, 5.41) is 9.16. The van der Waals surface area contributed by atoms with E-state index in [0.717, 1.165) is 0 Å². The summed E-state index contributed by atoms with van der Waals surface area (Å²) in [7, 11) is 0. The molecule has 1 amide bonds. The van der Waals surface area contributed by atoms with Crippen molar-refractivity contribution in [1.82, 2.24) is 4.90 Å². The SMILES string of the molecule is O=C(O)N1CC2(C1)CN(c1ccc(Cl)cc1F)C2. The molecule has 0 aromatic heterocycles. The summed E-state index contributed by atoms with van der Waals surface area (Å²) in [6.07, 6.45) is -0.878. The van der Waals surface area contributed by atoms with Gasteiger partial charge < -0.3 is 14.9 Å². The highest BCUT2D eigenvalue weighted by Gasteiger charge is 2.53. The molecular weight excluding hydrogens is 259 g/mol. The van der Waals surface area contributed by atoms with Gasteiger partial charge in [0.05, 0.1) is 5.69 Å². The Hall–Kier alpha value is -1.49. The molecule has 1 spiro atoms. The Balaban J connectivity index is 1.64. The van der Waals surface area contributed by atoms with Crippen molar-refractivity contribution in [2.24, 2.45) is 5.41 Å². The van der Waals surface area contributed by atoms with Crippen LogP contribution >= 0.6 is 11.6 Å². The first kappa shape index (κ1) is 11.6. The van der Waals surface area contributed by atoms with Crippen LogP contribution in [0.2, 0.25) is 5.02 Å². The molecule has 0 atom stereocenters. The number of halogens is 2. The van der Waals surface area contributed by atoms with E-state index < -0.39 is 6.09 Å². The Morgan fingerprint density at radius 1 is 1.33 bits per heavy atom. The van der Waals surface area contributed by atoms with Gasteiger partial charge in [-0.05, 0) is 18.2 Å². The monoisotopic (exact) mass is 270 g/mol. The number of hydrogen-bond donors (Lipinski definition) is 1. The molecule has 1 aromatic carbocycles. The Labute approximate surface area is 109 Å². The van der Waals surface area contributed by atoms with Crippen LogP contribution in [0.3, 0.4) is 0 Å². The van der Waals surface area contributed by atoms with Gasteiger partial charge in [-0.2, -0.15) is 0 Å². The topological polar surface area (TPSA) is 43.8 Å². The third-order valence-electron chi connectivity index (χ3n) is 3.63. The molecule has 1 aromatic rings. The van der Waals surface area contributed by atoms with Crippen LogP contribution in [0.5, 0.6) is 0 Å². The predicted octanol–water partition coefficient (Wildman–Crippen LogP) is 2.28. The van der Waals surface area contributed by atoms with Crippen LogP contribution in [0.15, 0.2) is 18.2 Å². The maximum absolute atomic E-state index is 13.7. The zero-order chi connectivity index (χ0) is 12.9. The molecule has 1 N–H and O–H groups in total. The lowest BCUT2D eigenvalue weighted by Crippen LogP contribution is -2.73. The van der Waals surface area contributed by atoms with E-state index in [-0.39, 0.29) is 11.2 Å². The highest BCUT2D eigenvalue weighted by molar-refractivity contribution is 6.30. The number of hydrogen-bond acceptors (Lipinski definition) is 2. The van der Waals surface area contributed by atoms with E-state index in [1.807, 2.05) is 4.90 Å². The highest BCUT2D eigenvalue weighted by atomic mass is 35.5. The Morgan fingerprint density at radius 2 is 2.00 bits per heavy atom. The van der Waals surface area contributed by atoms with Gasteiger partial charge >= 0.3 is 6.09 Å². The number of benzene rings is 1. The molecule has 18 heavy (non-hydrogen) atoms. The fourth-order valence-corrected chi connectivity index (χ4v) is 2.93. The fraction of sp³-hybridized carbons (Fsp3) is 0.417. The van der Waals surface area contributed by atoms with Gasteiger partial charge in [-0.15, -0.1) is 0 Å². The van der Waals surface area contributed by atoms with Gasteiger partial charge in [0.15, 0.2) is 0 Å². The first-order chi connectivity index (χ1) is 8.49. The summed E-state index contributed by atoms with van der Waals surface area (Å²) in [6, 6.07) is 4.62. The van der Waals surface area contributed by atoms with E-state index in [4.69, 9.17) is 16.7 Å². The van der Waals surface area contributed by atoms with Crippen molar-refractivity contribution in [1.29, 1.82) is 0 Å². The van der Waals surface area contributed by atoms with Crippen LogP contribution in [0, 0.1) is 11.2 Å². The minimum atomic E-state index is -0.878. The normalized spacial score (nSPS) is 20.6. The van der Waals surface area contributed by atoms with E-state index in [9.17, 15) is 9.18 Å². The van der Waals surface area contributed by atoms with Crippen molar-refractivity contribution in [3.8, 4) is 0 Å². The van der Waals surface area contributed by atoms with E-state index >= 15 is 0 Å². The maximum Gasteiger partial charge on any atom is 0.407 e. The molecule has 4 nitrogen and oxygen atoms in total. The number of likely N-dealkylation sites (tertiary alicyclic amines) is 1. The zero-order valence-corrected chi connectivity index (χ0v) is 10.3. The first-order valence-electron chi connectivity index (χ1n) is 5.67. The number of carboxylic acid groups (broad SMARTS) is 1. The summed E-state index contributed by atoms with van der Waals surface area (Å²) in [4.78, 5) is 14.0. The molecule has 0 radical (unpaired) electrons. The molecule has 0 unspecified atom stereocenters. The predicted molar refractivity (Wildman–Crippen MR) is 65.7 cm³/mol. The molecule has 3 rings (SSSR count). The molecule has 6 heteroatoms. The van der Waals surface area contributed by atoms with E-state index in [1.165, 1.54) is 11.0 Å². The van der Waals surface area contributed by atoms with Crippen LogP contribution in [-0.2, 0) is 0 Å². The van der Waals surface area contributed by atoms with E-state index in [2.05, 4.69) is 0 Å². The molecular formula is C12H12ClFN2O2. The van der Waals surface area contributed by atoms with Crippen LogP contribution in [0.4, 0.5) is 14.9 Å². The summed E-state index contributed by atoms with van der Waals surface area (Å²) in [5.41, 5.74) is 0.573. The number of anilines is 1. The minimum Gasteiger partial charge on any atom is -0.465 e. The van der Waals surface area contributed by atoms with Crippen LogP contribution in [0.1, 0.15) is 0 Å². The minimum absolute atomic E-state index is 0.0322. The quantitative estimate of drug-likeness (QED) is 0.851. The second kappa shape index (κ2) is 3.75. The molecule has 2 aliphatic rings. The Kier molecular flexibility index (Phi) is 2.41. The standard InChI is InChI=1S/C12H12ClFN2O2/c13-8-1-2-10(9(14)3-8)15-4-12(5-15)6-16(7-12)11(17)18/h1-3H,4-7H2,(H,17,18). The molecule has 2 saturated heterocycles. The smallest absolute Gasteiger partial charge is 0.407 e. The summed E-state index contributed by atoms with van der Waals surface area (Å²) in [6.45, 7) is 2.51. The fourth-order valence-electron chi connectivity index (χ4n) is 2.77. The average Bonchev–Trinajstić information content (AvgIpc) is 2.15. The summed E-state index contributed by atoms with van der Waals surface area (Å²) < 4.78 is 13.7. The van der Waals surface area contributed by atoms with Crippen molar-refractivity contribution in [2.45, 2.75) is 0 Å². The van der Waals surface area contributed by atoms with Gasteiger partial charge in [0.1, 0.15) is 5.82 Å². The van der Waals surface area contributed by atoms with Crippen molar-refractivity contribution >= 4 is 23.4 Å². The first-order valence-corrected chi connectivity index (χ1v) is 6.05. The molecule has 2 aliphatic heterocycles. The number of carbonyl (C=O) groups is 1. The number of nitrogens with zero attached hydrogens (tertiary/aromatic N) is 2. The van der Waals surface area contributed by atoms with Gasteiger partial charge in [0.25, 0.3) is 0 Å². The Bertz CT molecular complexity index is 509. The largest absolute Gasteiger partial charge is 0.465 e. The lowest BCUT2D eigenvalue weighted by molar-refractivity contribution is -0.00968. The number of rotatable bonds is 1. The van der Waals surface area contributed by atoms with Gasteiger partial charge in [0.2, 0.25) is 0 Å². The molecule has 0 saturated carbocycles. The molecule has 0 bridgehead atoms. The Morgan fingerprint density at radius 3 is 2.56 bits per heavy atom. The van der Waals surface area contributed by atoms with Crippen LogP contribution in [-0.4, -0.2) is 42.3 Å². The van der Waals surface area contributed by atoms with Crippen molar-refractivity contribution in [3.63, 3.8) is 0 Å².